The van der Waals surface area contributed by atoms with Crippen LogP contribution in [0.2, 0.25) is 0 Å². The fourth-order valence-corrected chi connectivity index (χ4v) is 1.88. The zero-order valence-corrected chi connectivity index (χ0v) is 11.9. The van der Waals surface area contributed by atoms with Crippen LogP contribution in [0, 0.1) is 13.8 Å². The van der Waals surface area contributed by atoms with Gasteiger partial charge in [-0.1, -0.05) is 12.1 Å². The molecule has 0 bridgehead atoms. The summed E-state index contributed by atoms with van der Waals surface area (Å²) in [5.41, 5.74) is 3.37. The number of anilines is 1. The summed E-state index contributed by atoms with van der Waals surface area (Å²) >= 11 is 0. The first-order valence-electron chi connectivity index (χ1n) is 6.58. The molecule has 0 fully saturated rings. The van der Waals surface area contributed by atoms with Crippen molar-refractivity contribution in [2.24, 2.45) is 0 Å². The number of amides is 1. The largest absolute Gasteiger partial charge is 0.477 e. The van der Waals surface area contributed by atoms with Crippen LogP contribution in [0.5, 0.6) is 5.88 Å². The molecule has 1 aromatic heterocycles. The summed E-state index contributed by atoms with van der Waals surface area (Å²) in [6.45, 7) is 6.29. The molecule has 0 atom stereocenters. The quantitative estimate of drug-likeness (QED) is 0.927. The number of aromatic nitrogens is 1. The molecule has 0 aliphatic carbocycles. The second-order valence-corrected chi connectivity index (χ2v) is 4.56. The number of nitrogens with one attached hydrogen (secondary N) is 1. The average molecular weight is 270 g/mol. The van der Waals surface area contributed by atoms with Crippen molar-refractivity contribution in [3.05, 3.63) is 53.2 Å². The number of nitrogens with zero attached hydrogens (tertiary/aromatic N) is 1. The van der Waals surface area contributed by atoms with Crippen molar-refractivity contribution >= 4 is 11.6 Å². The number of hydrogen-bond donors (Lipinski definition) is 1. The van der Waals surface area contributed by atoms with Crippen LogP contribution in [-0.4, -0.2) is 17.5 Å². The Kier molecular flexibility index (Phi) is 4.35. The van der Waals surface area contributed by atoms with Crippen LogP contribution < -0.4 is 10.1 Å². The predicted octanol–water partition coefficient (Wildman–Crippen LogP) is 3.35. The summed E-state index contributed by atoms with van der Waals surface area (Å²) in [7, 11) is 0. The highest BCUT2D eigenvalue weighted by Gasteiger charge is 2.14. The summed E-state index contributed by atoms with van der Waals surface area (Å²) in [6, 6.07) is 9.38. The Labute approximate surface area is 118 Å². The van der Waals surface area contributed by atoms with Gasteiger partial charge in [0.15, 0.2) is 0 Å². The zero-order valence-electron chi connectivity index (χ0n) is 11.9. The third-order valence-electron chi connectivity index (χ3n) is 2.94. The molecule has 0 spiro atoms. The predicted molar refractivity (Wildman–Crippen MR) is 79.3 cm³/mol. The Morgan fingerprint density at radius 2 is 2.10 bits per heavy atom. The van der Waals surface area contributed by atoms with E-state index in [0.29, 0.717) is 18.1 Å². The first kappa shape index (κ1) is 14.1. The SMILES string of the molecule is CCOc1ncccc1C(=O)Nc1cc(C)ccc1C. The summed E-state index contributed by atoms with van der Waals surface area (Å²) in [5, 5.41) is 2.91. The summed E-state index contributed by atoms with van der Waals surface area (Å²) < 4.78 is 5.38. The molecular weight excluding hydrogens is 252 g/mol. The third-order valence-corrected chi connectivity index (χ3v) is 2.94. The molecule has 4 heteroatoms. The first-order chi connectivity index (χ1) is 9.61. The van der Waals surface area contributed by atoms with Gasteiger partial charge in [-0.15, -0.1) is 0 Å². The van der Waals surface area contributed by atoms with E-state index >= 15 is 0 Å². The maximum atomic E-state index is 12.3. The van der Waals surface area contributed by atoms with Gasteiger partial charge in [0.25, 0.3) is 5.91 Å². The number of hydrogen-bond acceptors (Lipinski definition) is 3. The van der Waals surface area contributed by atoms with Gasteiger partial charge in [0.1, 0.15) is 5.56 Å². The molecule has 1 aromatic carbocycles. The van der Waals surface area contributed by atoms with Gasteiger partial charge in [-0.25, -0.2) is 4.98 Å². The standard InChI is InChI=1S/C16H18N2O2/c1-4-20-16-13(6-5-9-17-16)15(19)18-14-10-11(2)7-8-12(14)3/h5-10H,4H2,1-3H3,(H,18,19). The van der Waals surface area contributed by atoms with Gasteiger partial charge >= 0.3 is 0 Å². The Hall–Kier alpha value is -2.36. The number of benzene rings is 1. The highest BCUT2D eigenvalue weighted by atomic mass is 16.5. The van der Waals surface area contributed by atoms with Crippen LogP contribution in [0.15, 0.2) is 36.5 Å². The normalized spacial score (nSPS) is 10.2. The molecule has 2 aromatic rings. The Morgan fingerprint density at radius 3 is 2.85 bits per heavy atom. The minimum atomic E-state index is -0.213. The number of carbonyl (C=O) groups excluding carboxylic acids is 1. The number of aryl methyl sites for hydroxylation is 2. The minimum absolute atomic E-state index is 0.213. The highest BCUT2D eigenvalue weighted by Crippen LogP contribution is 2.20. The van der Waals surface area contributed by atoms with Crippen LogP contribution in [0.4, 0.5) is 5.69 Å². The van der Waals surface area contributed by atoms with E-state index in [2.05, 4.69) is 10.3 Å². The van der Waals surface area contributed by atoms with Crippen molar-refractivity contribution in [2.75, 3.05) is 11.9 Å². The maximum Gasteiger partial charge on any atom is 0.261 e. The minimum Gasteiger partial charge on any atom is -0.477 e. The van der Waals surface area contributed by atoms with Gasteiger partial charge in [0.2, 0.25) is 5.88 Å². The van der Waals surface area contributed by atoms with Gasteiger partial charge in [0, 0.05) is 11.9 Å². The van der Waals surface area contributed by atoms with Crippen LogP contribution in [0.1, 0.15) is 28.4 Å². The van der Waals surface area contributed by atoms with E-state index in [-0.39, 0.29) is 5.91 Å². The van der Waals surface area contributed by atoms with E-state index in [4.69, 9.17) is 4.74 Å². The van der Waals surface area contributed by atoms with Crippen molar-refractivity contribution < 1.29 is 9.53 Å². The molecular formula is C16H18N2O2. The van der Waals surface area contributed by atoms with Crippen molar-refractivity contribution in [2.45, 2.75) is 20.8 Å². The summed E-state index contributed by atoms with van der Waals surface area (Å²) in [5.74, 6) is 0.146. The van der Waals surface area contributed by atoms with Gasteiger partial charge in [-0.05, 0) is 50.1 Å². The zero-order chi connectivity index (χ0) is 14.5. The van der Waals surface area contributed by atoms with Crippen LogP contribution >= 0.6 is 0 Å². The number of carbonyl (C=O) groups is 1. The monoisotopic (exact) mass is 270 g/mol. The molecule has 4 nitrogen and oxygen atoms in total. The molecule has 0 saturated carbocycles. The van der Waals surface area contributed by atoms with Gasteiger partial charge < -0.3 is 10.1 Å². The molecule has 0 aliphatic heterocycles. The van der Waals surface area contributed by atoms with Gasteiger partial charge in [-0.3, -0.25) is 4.79 Å². The van der Waals surface area contributed by atoms with E-state index in [1.165, 1.54) is 0 Å². The lowest BCUT2D eigenvalue weighted by Crippen LogP contribution is -2.15. The average Bonchev–Trinajstić information content (AvgIpc) is 2.44. The van der Waals surface area contributed by atoms with E-state index in [1.54, 1.807) is 18.3 Å². The van der Waals surface area contributed by atoms with Crippen molar-refractivity contribution in [1.29, 1.82) is 0 Å². The molecule has 20 heavy (non-hydrogen) atoms. The van der Waals surface area contributed by atoms with Crippen molar-refractivity contribution in [1.82, 2.24) is 4.98 Å². The molecule has 1 heterocycles. The van der Waals surface area contributed by atoms with E-state index in [1.807, 2.05) is 39.0 Å². The van der Waals surface area contributed by atoms with Crippen LogP contribution in [0.3, 0.4) is 0 Å². The number of rotatable bonds is 4. The Balaban J connectivity index is 2.26. The van der Waals surface area contributed by atoms with Crippen LogP contribution in [-0.2, 0) is 0 Å². The fraction of sp³-hybridized carbons (Fsp3) is 0.250. The smallest absolute Gasteiger partial charge is 0.261 e. The lowest BCUT2D eigenvalue weighted by molar-refractivity contribution is 0.102. The number of ether oxygens (including phenoxy) is 1. The highest BCUT2D eigenvalue weighted by molar-refractivity contribution is 6.06. The Morgan fingerprint density at radius 1 is 1.30 bits per heavy atom. The molecule has 2 rings (SSSR count). The molecule has 0 unspecified atom stereocenters. The second kappa shape index (κ2) is 6.19. The topological polar surface area (TPSA) is 51.2 Å². The summed E-state index contributed by atoms with van der Waals surface area (Å²) in [6.07, 6.45) is 1.61. The lowest BCUT2D eigenvalue weighted by Gasteiger charge is -2.11. The molecule has 0 radical (unpaired) electrons. The second-order valence-electron chi connectivity index (χ2n) is 4.56. The van der Waals surface area contributed by atoms with Gasteiger partial charge in [0.05, 0.1) is 6.61 Å². The van der Waals surface area contributed by atoms with Crippen LogP contribution in [0.25, 0.3) is 0 Å². The van der Waals surface area contributed by atoms with E-state index in [9.17, 15) is 4.79 Å². The molecule has 1 N–H and O–H groups in total. The first-order valence-corrected chi connectivity index (χ1v) is 6.58. The molecule has 0 aliphatic rings. The number of pyridine rings is 1. The molecule has 0 saturated heterocycles. The van der Waals surface area contributed by atoms with Gasteiger partial charge in [-0.2, -0.15) is 0 Å². The van der Waals surface area contributed by atoms with Crippen molar-refractivity contribution in [3.8, 4) is 5.88 Å². The summed E-state index contributed by atoms with van der Waals surface area (Å²) in [4.78, 5) is 16.4. The third kappa shape index (κ3) is 3.15. The van der Waals surface area contributed by atoms with E-state index in [0.717, 1.165) is 16.8 Å². The molecule has 104 valence electrons. The van der Waals surface area contributed by atoms with E-state index < -0.39 is 0 Å². The van der Waals surface area contributed by atoms with Crippen molar-refractivity contribution in [3.63, 3.8) is 0 Å². The fourth-order valence-electron chi connectivity index (χ4n) is 1.88. The Bertz CT molecular complexity index is 624. The lowest BCUT2D eigenvalue weighted by atomic mass is 10.1. The maximum absolute atomic E-state index is 12.3. The molecule has 1 amide bonds.